The first-order valence-electron chi connectivity index (χ1n) is 5.39. The summed E-state index contributed by atoms with van der Waals surface area (Å²) >= 11 is 5.96. The van der Waals surface area contributed by atoms with Crippen LogP contribution in [-0.4, -0.2) is 18.2 Å². The lowest BCUT2D eigenvalue weighted by Crippen LogP contribution is -2.02. The SMILES string of the molecule is COC(=O)c1ccc(-c2ccc(O)cc2F)cc1Cl. The number of halogens is 2. The van der Waals surface area contributed by atoms with Crippen LogP contribution in [0.4, 0.5) is 4.39 Å². The van der Waals surface area contributed by atoms with Gasteiger partial charge >= 0.3 is 5.97 Å². The summed E-state index contributed by atoms with van der Waals surface area (Å²) in [7, 11) is 1.26. The minimum absolute atomic E-state index is 0.154. The third-order valence-corrected chi connectivity index (χ3v) is 2.95. The molecule has 2 aromatic carbocycles. The van der Waals surface area contributed by atoms with Gasteiger partial charge in [-0.25, -0.2) is 9.18 Å². The third-order valence-electron chi connectivity index (χ3n) is 2.64. The standard InChI is InChI=1S/C14H10ClFO3/c1-19-14(18)11-4-2-8(6-12(11)15)10-5-3-9(17)7-13(10)16/h2-7,17H,1H3. The van der Waals surface area contributed by atoms with E-state index < -0.39 is 11.8 Å². The van der Waals surface area contributed by atoms with Gasteiger partial charge in [-0.2, -0.15) is 0 Å². The van der Waals surface area contributed by atoms with Crippen molar-refractivity contribution in [3.05, 3.63) is 52.8 Å². The highest BCUT2D eigenvalue weighted by atomic mass is 35.5. The molecule has 0 bridgehead atoms. The van der Waals surface area contributed by atoms with Crippen molar-refractivity contribution >= 4 is 17.6 Å². The molecule has 0 aliphatic carbocycles. The molecule has 5 heteroatoms. The van der Waals surface area contributed by atoms with Crippen molar-refractivity contribution < 1.29 is 19.0 Å². The molecule has 0 aliphatic rings. The molecule has 0 spiro atoms. The van der Waals surface area contributed by atoms with Crippen molar-refractivity contribution in [1.82, 2.24) is 0 Å². The number of aromatic hydroxyl groups is 1. The molecular weight excluding hydrogens is 271 g/mol. The van der Waals surface area contributed by atoms with Gasteiger partial charge in [0, 0.05) is 11.6 Å². The van der Waals surface area contributed by atoms with Gasteiger partial charge < -0.3 is 9.84 Å². The van der Waals surface area contributed by atoms with Gasteiger partial charge in [-0.15, -0.1) is 0 Å². The van der Waals surface area contributed by atoms with Crippen LogP contribution in [0.25, 0.3) is 11.1 Å². The maximum absolute atomic E-state index is 13.7. The molecule has 19 heavy (non-hydrogen) atoms. The second kappa shape index (κ2) is 5.28. The van der Waals surface area contributed by atoms with Crippen molar-refractivity contribution in [2.75, 3.05) is 7.11 Å². The first kappa shape index (κ1) is 13.4. The molecule has 0 heterocycles. The molecule has 0 aliphatic heterocycles. The predicted molar refractivity (Wildman–Crippen MR) is 69.9 cm³/mol. The molecule has 98 valence electrons. The summed E-state index contributed by atoms with van der Waals surface area (Å²) < 4.78 is 18.3. The number of rotatable bonds is 2. The van der Waals surface area contributed by atoms with Crippen LogP contribution in [-0.2, 0) is 4.74 Å². The molecule has 0 unspecified atom stereocenters. The van der Waals surface area contributed by atoms with Crippen molar-refractivity contribution in [3.63, 3.8) is 0 Å². The van der Waals surface area contributed by atoms with E-state index >= 15 is 0 Å². The number of ether oxygens (including phenoxy) is 1. The summed E-state index contributed by atoms with van der Waals surface area (Å²) in [5.74, 6) is -1.27. The minimum atomic E-state index is -0.568. The Kier molecular flexibility index (Phi) is 3.71. The van der Waals surface area contributed by atoms with E-state index in [-0.39, 0.29) is 21.9 Å². The van der Waals surface area contributed by atoms with Gasteiger partial charge in [-0.1, -0.05) is 17.7 Å². The third kappa shape index (κ3) is 2.69. The monoisotopic (exact) mass is 280 g/mol. The predicted octanol–water partition coefficient (Wildman–Crippen LogP) is 3.64. The maximum Gasteiger partial charge on any atom is 0.339 e. The Morgan fingerprint density at radius 2 is 2.00 bits per heavy atom. The summed E-state index contributed by atoms with van der Waals surface area (Å²) in [5.41, 5.74) is 1.01. The lowest BCUT2D eigenvalue weighted by molar-refractivity contribution is 0.0601. The van der Waals surface area contributed by atoms with Gasteiger partial charge in [0.1, 0.15) is 11.6 Å². The molecule has 0 aromatic heterocycles. The number of phenols is 1. The largest absolute Gasteiger partial charge is 0.508 e. The maximum atomic E-state index is 13.7. The number of carbonyl (C=O) groups is 1. The van der Waals surface area contributed by atoms with E-state index in [2.05, 4.69) is 4.74 Å². The van der Waals surface area contributed by atoms with E-state index in [1.165, 1.54) is 31.4 Å². The smallest absolute Gasteiger partial charge is 0.339 e. The highest BCUT2D eigenvalue weighted by Crippen LogP contribution is 2.29. The van der Waals surface area contributed by atoms with Crippen LogP contribution in [0.3, 0.4) is 0 Å². The first-order valence-corrected chi connectivity index (χ1v) is 5.77. The van der Waals surface area contributed by atoms with Gasteiger partial charge in [-0.05, 0) is 29.8 Å². The summed E-state index contributed by atoms with van der Waals surface area (Å²) in [5, 5.41) is 9.34. The van der Waals surface area contributed by atoms with Crippen LogP contribution in [0.1, 0.15) is 10.4 Å². The molecule has 0 fully saturated rings. The zero-order valence-corrected chi connectivity index (χ0v) is 10.7. The fraction of sp³-hybridized carbons (Fsp3) is 0.0714. The fourth-order valence-electron chi connectivity index (χ4n) is 1.70. The number of benzene rings is 2. The molecule has 0 radical (unpaired) electrons. The summed E-state index contributed by atoms with van der Waals surface area (Å²) in [6, 6.07) is 8.33. The Labute approximate surface area is 114 Å². The van der Waals surface area contributed by atoms with Crippen molar-refractivity contribution in [2.45, 2.75) is 0 Å². The van der Waals surface area contributed by atoms with E-state index in [1.807, 2.05) is 0 Å². The van der Waals surface area contributed by atoms with E-state index in [0.29, 0.717) is 5.56 Å². The Balaban J connectivity index is 2.47. The normalized spacial score (nSPS) is 10.3. The van der Waals surface area contributed by atoms with Gasteiger partial charge in [0.25, 0.3) is 0 Å². The van der Waals surface area contributed by atoms with E-state index in [0.717, 1.165) is 6.07 Å². The average molecular weight is 281 g/mol. The van der Waals surface area contributed by atoms with Crippen LogP contribution >= 0.6 is 11.6 Å². The summed E-state index contributed by atoms with van der Waals surface area (Å²) in [6.45, 7) is 0. The van der Waals surface area contributed by atoms with Crippen LogP contribution in [0.15, 0.2) is 36.4 Å². The Morgan fingerprint density at radius 1 is 1.26 bits per heavy atom. The lowest BCUT2D eigenvalue weighted by Gasteiger charge is -2.07. The zero-order valence-electron chi connectivity index (χ0n) is 9.98. The van der Waals surface area contributed by atoms with Crippen molar-refractivity contribution in [3.8, 4) is 16.9 Å². The number of methoxy groups -OCH3 is 1. The van der Waals surface area contributed by atoms with E-state index in [9.17, 15) is 9.18 Å². The van der Waals surface area contributed by atoms with E-state index in [1.54, 1.807) is 6.07 Å². The van der Waals surface area contributed by atoms with Gasteiger partial charge in [-0.3, -0.25) is 0 Å². The number of hydrogen-bond donors (Lipinski definition) is 1. The molecule has 1 N–H and O–H groups in total. The molecule has 0 saturated carbocycles. The van der Waals surface area contributed by atoms with Crippen LogP contribution < -0.4 is 0 Å². The molecule has 2 rings (SSSR count). The van der Waals surface area contributed by atoms with Crippen LogP contribution in [0.2, 0.25) is 5.02 Å². The molecule has 3 nitrogen and oxygen atoms in total. The van der Waals surface area contributed by atoms with Gasteiger partial charge in [0.15, 0.2) is 0 Å². The fourth-order valence-corrected chi connectivity index (χ4v) is 1.95. The number of carbonyl (C=O) groups excluding carboxylic acids is 1. The van der Waals surface area contributed by atoms with Gasteiger partial charge in [0.05, 0.1) is 17.7 Å². The van der Waals surface area contributed by atoms with E-state index in [4.69, 9.17) is 16.7 Å². The van der Waals surface area contributed by atoms with Gasteiger partial charge in [0.2, 0.25) is 0 Å². The highest BCUT2D eigenvalue weighted by Gasteiger charge is 2.13. The molecule has 0 saturated heterocycles. The van der Waals surface area contributed by atoms with Crippen LogP contribution in [0.5, 0.6) is 5.75 Å². The Hall–Kier alpha value is -2.07. The zero-order chi connectivity index (χ0) is 14.0. The average Bonchev–Trinajstić information content (AvgIpc) is 2.37. The van der Waals surface area contributed by atoms with Crippen molar-refractivity contribution in [1.29, 1.82) is 0 Å². The number of phenolic OH excluding ortho intramolecular Hbond substituents is 1. The minimum Gasteiger partial charge on any atom is -0.508 e. The van der Waals surface area contributed by atoms with Crippen molar-refractivity contribution in [2.24, 2.45) is 0 Å². The quantitative estimate of drug-likeness (QED) is 0.854. The second-order valence-corrected chi connectivity index (χ2v) is 4.26. The Morgan fingerprint density at radius 3 is 2.58 bits per heavy atom. The summed E-state index contributed by atoms with van der Waals surface area (Å²) in [4.78, 5) is 11.4. The molecule has 0 amide bonds. The highest BCUT2D eigenvalue weighted by molar-refractivity contribution is 6.33. The lowest BCUT2D eigenvalue weighted by atomic mass is 10.0. The topological polar surface area (TPSA) is 46.5 Å². The Bertz CT molecular complexity index is 641. The second-order valence-electron chi connectivity index (χ2n) is 3.85. The number of esters is 1. The molecule has 0 atom stereocenters. The number of hydrogen-bond acceptors (Lipinski definition) is 3. The molecular formula is C14H10ClFO3. The molecule has 2 aromatic rings. The first-order chi connectivity index (χ1) is 9.02. The summed E-state index contributed by atoms with van der Waals surface area (Å²) in [6.07, 6.45) is 0. The van der Waals surface area contributed by atoms with Crippen LogP contribution in [0, 0.1) is 5.82 Å².